The Morgan fingerprint density at radius 3 is 2.54 bits per heavy atom. The zero-order chi connectivity index (χ0) is 20.1. The van der Waals surface area contributed by atoms with Gasteiger partial charge in [0, 0.05) is 24.2 Å². The van der Waals surface area contributed by atoms with Gasteiger partial charge in [-0.05, 0) is 36.3 Å². The van der Waals surface area contributed by atoms with E-state index in [0.717, 1.165) is 5.56 Å². The van der Waals surface area contributed by atoms with E-state index >= 15 is 0 Å². The van der Waals surface area contributed by atoms with E-state index in [4.69, 9.17) is 4.74 Å². The van der Waals surface area contributed by atoms with E-state index in [-0.39, 0.29) is 24.0 Å². The van der Waals surface area contributed by atoms with Crippen molar-refractivity contribution in [2.75, 3.05) is 18.6 Å². The predicted octanol–water partition coefficient (Wildman–Crippen LogP) is 3.06. The maximum Gasteiger partial charge on any atom is 0.247 e. The fourth-order valence-corrected chi connectivity index (χ4v) is 4.93. The van der Waals surface area contributed by atoms with Gasteiger partial charge in [0.2, 0.25) is 5.91 Å². The zero-order valence-corrected chi connectivity index (χ0v) is 16.4. The summed E-state index contributed by atoms with van der Waals surface area (Å²) < 4.78 is 43.0. The minimum Gasteiger partial charge on any atom is -0.497 e. The first-order valence-corrected chi connectivity index (χ1v) is 10.8. The van der Waals surface area contributed by atoms with Gasteiger partial charge in [0.05, 0.1) is 18.6 Å². The Bertz CT molecular complexity index is 970. The largest absolute Gasteiger partial charge is 0.497 e. The first-order valence-electron chi connectivity index (χ1n) is 8.94. The third kappa shape index (κ3) is 4.98. The molecule has 1 atom stereocenters. The number of hydrogen-bond acceptors (Lipinski definition) is 4. The van der Waals surface area contributed by atoms with E-state index in [0.29, 0.717) is 17.7 Å². The molecule has 1 fully saturated rings. The molecule has 0 aliphatic carbocycles. The number of carbonyl (C=O) groups is 1. The quantitative estimate of drug-likeness (QED) is 0.696. The van der Waals surface area contributed by atoms with Crippen LogP contribution in [0.5, 0.6) is 5.75 Å². The maximum absolute atomic E-state index is 14.1. The van der Waals surface area contributed by atoms with E-state index in [1.165, 1.54) is 17.0 Å². The Kier molecular flexibility index (Phi) is 6.14. The number of nitrogens with zero attached hydrogens (tertiary/aromatic N) is 1. The lowest BCUT2D eigenvalue weighted by Crippen LogP contribution is -2.39. The van der Waals surface area contributed by atoms with Crippen molar-refractivity contribution in [3.63, 3.8) is 0 Å². The maximum atomic E-state index is 14.1. The molecule has 1 saturated heterocycles. The molecule has 0 spiro atoms. The van der Waals surface area contributed by atoms with Crippen molar-refractivity contribution in [3.05, 3.63) is 71.6 Å². The first kappa shape index (κ1) is 20.1. The number of amides is 1. The average Bonchev–Trinajstić information content (AvgIpc) is 3.05. The number of ether oxygens (including phenoxy) is 1. The minimum atomic E-state index is -3.18. The van der Waals surface area contributed by atoms with Crippen LogP contribution in [0, 0.1) is 5.82 Å². The highest BCUT2D eigenvalue weighted by molar-refractivity contribution is 7.91. The number of benzene rings is 2. The predicted molar refractivity (Wildman–Crippen MR) is 106 cm³/mol. The second-order valence-electron chi connectivity index (χ2n) is 6.72. The van der Waals surface area contributed by atoms with Gasteiger partial charge >= 0.3 is 0 Å². The summed E-state index contributed by atoms with van der Waals surface area (Å²) in [6, 6.07) is 12.9. The van der Waals surface area contributed by atoms with Crippen LogP contribution in [0.25, 0.3) is 6.08 Å². The molecular weight excluding hydrogens is 381 g/mol. The van der Waals surface area contributed by atoms with Crippen molar-refractivity contribution in [2.24, 2.45) is 0 Å². The Balaban J connectivity index is 1.81. The van der Waals surface area contributed by atoms with E-state index in [2.05, 4.69) is 0 Å². The number of rotatable bonds is 6. The van der Waals surface area contributed by atoms with Crippen molar-refractivity contribution >= 4 is 21.8 Å². The molecule has 7 heteroatoms. The van der Waals surface area contributed by atoms with Crippen LogP contribution in [0.15, 0.2) is 54.6 Å². The third-order valence-electron chi connectivity index (χ3n) is 4.76. The van der Waals surface area contributed by atoms with Gasteiger partial charge in [-0.1, -0.05) is 30.3 Å². The number of sulfone groups is 1. The topological polar surface area (TPSA) is 63.7 Å². The summed E-state index contributed by atoms with van der Waals surface area (Å²) in [6.45, 7) is 0.0264. The molecule has 148 valence electrons. The molecule has 1 amide bonds. The van der Waals surface area contributed by atoms with Crippen LogP contribution in [-0.2, 0) is 21.2 Å². The molecule has 0 bridgehead atoms. The van der Waals surface area contributed by atoms with Gasteiger partial charge in [-0.25, -0.2) is 12.8 Å². The monoisotopic (exact) mass is 403 g/mol. The molecule has 0 saturated carbocycles. The van der Waals surface area contributed by atoms with E-state index in [1.807, 2.05) is 12.1 Å². The molecule has 5 nitrogen and oxygen atoms in total. The molecule has 2 aromatic carbocycles. The van der Waals surface area contributed by atoms with Gasteiger partial charge in [-0.15, -0.1) is 0 Å². The summed E-state index contributed by atoms with van der Waals surface area (Å²) >= 11 is 0. The molecule has 0 radical (unpaired) electrons. The minimum absolute atomic E-state index is 0.0264. The van der Waals surface area contributed by atoms with Gasteiger partial charge in [-0.2, -0.15) is 0 Å². The summed E-state index contributed by atoms with van der Waals surface area (Å²) in [7, 11) is -1.60. The molecule has 1 unspecified atom stereocenters. The molecule has 0 N–H and O–H groups in total. The van der Waals surface area contributed by atoms with Crippen molar-refractivity contribution in [1.82, 2.24) is 4.90 Å². The lowest BCUT2D eigenvalue weighted by atomic mass is 10.1. The van der Waals surface area contributed by atoms with Gasteiger partial charge in [0.15, 0.2) is 9.84 Å². The van der Waals surface area contributed by atoms with Gasteiger partial charge in [0.1, 0.15) is 11.6 Å². The third-order valence-corrected chi connectivity index (χ3v) is 6.52. The molecular formula is C21H22FNO4S. The van der Waals surface area contributed by atoms with E-state index < -0.39 is 21.7 Å². The fraction of sp³-hybridized carbons (Fsp3) is 0.286. The van der Waals surface area contributed by atoms with Crippen LogP contribution < -0.4 is 4.74 Å². The second-order valence-corrected chi connectivity index (χ2v) is 8.95. The summed E-state index contributed by atoms with van der Waals surface area (Å²) in [5, 5.41) is 0. The molecule has 2 aromatic rings. The van der Waals surface area contributed by atoms with Crippen molar-refractivity contribution in [1.29, 1.82) is 0 Å². The number of carbonyl (C=O) groups excluding carboxylic acids is 1. The highest BCUT2D eigenvalue weighted by Gasteiger charge is 2.34. The molecule has 28 heavy (non-hydrogen) atoms. The van der Waals surface area contributed by atoms with E-state index in [9.17, 15) is 17.6 Å². The Morgan fingerprint density at radius 2 is 1.93 bits per heavy atom. The SMILES string of the molecule is COc1ccc(C=CC(=O)N(Cc2ccccc2F)C2CCS(=O)(=O)C2)cc1. The Labute approximate surface area is 164 Å². The normalized spacial score (nSPS) is 18.3. The Hall–Kier alpha value is -2.67. The number of halogens is 1. The molecule has 0 aromatic heterocycles. The lowest BCUT2D eigenvalue weighted by Gasteiger charge is -2.27. The average molecular weight is 403 g/mol. The summed E-state index contributed by atoms with van der Waals surface area (Å²) in [6.07, 6.45) is 3.41. The number of hydrogen-bond donors (Lipinski definition) is 0. The molecule has 1 heterocycles. The van der Waals surface area contributed by atoms with E-state index in [1.54, 1.807) is 43.5 Å². The van der Waals surface area contributed by atoms with Crippen LogP contribution in [0.4, 0.5) is 4.39 Å². The number of methoxy groups -OCH3 is 1. The lowest BCUT2D eigenvalue weighted by molar-refractivity contribution is -0.128. The molecule has 1 aliphatic heterocycles. The highest BCUT2D eigenvalue weighted by Crippen LogP contribution is 2.22. The van der Waals surface area contributed by atoms with Crippen molar-refractivity contribution < 1.29 is 22.3 Å². The summed E-state index contributed by atoms with van der Waals surface area (Å²) in [5.74, 6) is -0.105. The molecule has 1 aliphatic rings. The standard InChI is InChI=1S/C21H22FNO4S/c1-27-19-9-6-16(7-10-19)8-11-21(24)23(18-12-13-28(25,26)15-18)14-17-4-2-3-5-20(17)22/h2-11,18H,12-15H2,1H3. The van der Waals surface area contributed by atoms with Crippen LogP contribution in [-0.4, -0.2) is 43.9 Å². The van der Waals surface area contributed by atoms with Gasteiger partial charge < -0.3 is 9.64 Å². The van der Waals surface area contributed by atoms with Crippen molar-refractivity contribution in [3.8, 4) is 5.75 Å². The molecule has 3 rings (SSSR count). The van der Waals surface area contributed by atoms with Crippen LogP contribution in [0.1, 0.15) is 17.5 Å². The summed E-state index contributed by atoms with van der Waals surface area (Å²) in [4.78, 5) is 14.3. The zero-order valence-electron chi connectivity index (χ0n) is 15.5. The van der Waals surface area contributed by atoms with Crippen LogP contribution in [0.3, 0.4) is 0 Å². The Morgan fingerprint density at radius 1 is 1.21 bits per heavy atom. The van der Waals surface area contributed by atoms with Crippen molar-refractivity contribution in [2.45, 2.75) is 19.0 Å². The smallest absolute Gasteiger partial charge is 0.247 e. The van der Waals surface area contributed by atoms with Crippen LogP contribution in [0.2, 0.25) is 0 Å². The first-order chi connectivity index (χ1) is 13.4. The highest BCUT2D eigenvalue weighted by atomic mass is 32.2. The second kappa shape index (κ2) is 8.56. The van der Waals surface area contributed by atoms with Gasteiger partial charge in [0.25, 0.3) is 0 Å². The van der Waals surface area contributed by atoms with Crippen LogP contribution >= 0.6 is 0 Å². The summed E-state index contributed by atoms with van der Waals surface area (Å²) in [5.41, 5.74) is 1.16. The fourth-order valence-electron chi connectivity index (χ4n) is 3.20. The van der Waals surface area contributed by atoms with Gasteiger partial charge in [-0.3, -0.25) is 4.79 Å².